The predicted molar refractivity (Wildman–Crippen MR) is 134 cm³/mol. The fourth-order valence-corrected chi connectivity index (χ4v) is 5.26. The zero-order valence-corrected chi connectivity index (χ0v) is 19.6. The van der Waals surface area contributed by atoms with Crippen LogP contribution in [0.5, 0.6) is 0 Å². The number of benzene rings is 2. The second-order valence-electron chi connectivity index (χ2n) is 9.51. The summed E-state index contributed by atoms with van der Waals surface area (Å²) in [5, 5.41) is 10.5. The average molecular weight is 455 g/mol. The van der Waals surface area contributed by atoms with E-state index in [-0.39, 0.29) is 11.8 Å². The lowest BCUT2D eigenvalue weighted by Crippen LogP contribution is -2.55. The maximum Gasteiger partial charge on any atom is 0.229 e. The molecule has 6 rings (SSSR count). The lowest BCUT2D eigenvalue weighted by Gasteiger charge is -2.42. The maximum absolute atomic E-state index is 13.1. The van der Waals surface area contributed by atoms with Crippen molar-refractivity contribution >= 4 is 28.1 Å². The van der Waals surface area contributed by atoms with Gasteiger partial charge in [0, 0.05) is 51.3 Å². The zero-order chi connectivity index (χ0) is 23.1. The molecule has 1 N–H and O–H groups in total. The molecule has 34 heavy (non-hydrogen) atoms. The Balaban J connectivity index is 1.13. The molecule has 4 aromatic rings. The monoisotopic (exact) mass is 454 g/mol. The Morgan fingerprint density at radius 2 is 1.91 bits per heavy atom. The van der Waals surface area contributed by atoms with Crippen LogP contribution in [0.3, 0.4) is 0 Å². The third-order valence-corrected chi connectivity index (χ3v) is 7.24. The number of hydrogen-bond donors (Lipinski definition) is 1. The van der Waals surface area contributed by atoms with Gasteiger partial charge in [0.15, 0.2) is 5.65 Å². The van der Waals surface area contributed by atoms with Gasteiger partial charge in [0.1, 0.15) is 5.82 Å². The first-order chi connectivity index (χ1) is 16.7. The molecule has 0 aliphatic carbocycles. The number of amides is 1. The van der Waals surface area contributed by atoms with Gasteiger partial charge in [0.25, 0.3) is 0 Å². The Kier molecular flexibility index (Phi) is 5.41. The number of nitrogens with one attached hydrogen (secondary N) is 1. The smallest absolute Gasteiger partial charge is 0.229 e. The first kappa shape index (κ1) is 21.1. The highest BCUT2D eigenvalue weighted by Crippen LogP contribution is 2.32. The van der Waals surface area contributed by atoms with E-state index in [1.807, 2.05) is 28.7 Å². The van der Waals surface area contributed by atoms with Crippen LogP contribution >= 0.6 is 0 Å². The number of likely N-dealkylation sites (N-methyl/N-ethyl adjacent to an activating group) is 1. The van der Waals surface area contributed by atoms with Gasteiger partial charge in [-0.1, -0.05) is 42.5 Å². The maximum atomic E-state index is 13.1. The largest absolute Gasteiger partial charge is 0.354 e. The van der Waals surface area contributed by atoms with Crippen molar-refractivity contribution in [2.24, 2.45) is 5.92 Å². The SMILES string of the molecule is CN(CCc1ccc2ccccc2c1)C(=O)C1CN(c2c3c(nc4ccnn24)CCNCC3)C1. The minimum Gasteiger partial charge on any atom is -0.354 e. The zero-order valence-electron chi connectivity index (χ0n) is 19.6. The molecule has 2 aromatic carbocycles. The van der Waals surface area contributed by atoms with E-state index in [1.54, 1.807) is 0 Å². The van der Waals surface area contributed by atoms with Crippen LogP contribution in [-0.4, -0.2) is 65.2 Å². The Morgan fingerprint density at radius 3 is 2.79 bits per heavy atom. The van der Waals surface area contributed by atoms with E-state index in [9.17, 15) is 4.79 Å². The van der Waals surface area contributed by atoms with Crippen LogP contribution in [0, 0.1) is 5.92 Å². The summed E-state index contributed by atoms with van der Waals surface area (Å²) >= 11 is 0. The van der Waals surface area contributed by atoms with Crippen LogP contribution in [0.15, 0.2) is 54.7 Å². The Hall–Kier alpha value is -3.45. The number of nitrogens with zero attached hydrogens (tertiary/aromatic N) is 5. The molecule has 0 spiro atoms. The lowest BCUT2D eigenvalue weighted by molar-refractivity contribution is -0.134. The van der Waals surface area contributed by atoms with Crippen molar-refractivity contribution in [1.82, 2.24) is 24.8 Å². The molecule has 2 aromatic heterocycles. The molecule has 1 fully saturated rings. The van der Waals surface area contributed by atoms with E-state index in [2.05, 4.69) is 57.8 Å². The summed E-state index contributed by atoms with van der Waals surface area (Å²) < 4.78 is 1.95. The van der Waals surface area contributed by atoms with Crippen molar-refractivity contribution in [3.8, 4) is 0 Å². The number of hydrogen-bond acceptors (Lipinski definition) is 5. The van der Waals surface area contributed by atoms with Crippen LogP contribution in [0.1, 0.15) is 16.8 Å². The fraction of sp³-hybridized carbons (Fsp3) is 0.370. The minimum absolute atomic E-state index is 0.0277. The molecule has 1 amide bonds. The molecule has 0 unspecified atom stereocenters. The topological polar surface area (TPSA) is 65.8 Å². The van der Waals surface area contributed by atoms with Gasteiger partial charge in [-0.3, -0.25) is 4.79 Å². The third-order valence-electron chi connectivity index (χ3n) is 7.24. The van der Waals surface area contributed by atoms with Crippen molar-refractivity contribution in [2.75, 3.05) is 44.7 Å². The van der Waals surface area contributed by atoms with Crippen molar-refractivity contribution < 1.29 is 4.79 Å². The summed E-state index contributed by atoms with van der Waals surface area (Å²) in [6, 6.07) is 16.9. The standard InChI is InChI=1S/C27H30N6O/c1-31(15-11-19-6-7-20-4-2-3-5-21(20)16-19)27(34)22-17-32(18-22)26-23-8-12-28-13-9-24(23)30-25-10-14-29-33(25)26/h2-7,10,14,16,22,28H,8-9,11-13,15,17-18H2,1H3. The summed E-state index contributed by atoms with van der Waals surface area (Å²) in [6.45, 7) is 4.10. The summed E-state index contributed by atoms with van der Waals surface area (Å²) in [5.74, 6) is 1.38. The average Bonchev–Trinajstić information content (AvgIpc) is 3.17. The van der Waals surface area contributed by atoms with Gasteiger partial charge < -0.3 is 15.1 Å². The highest BCUT2D eigenvalue weighted by molar-refractivity contribution is 5.83. The molecule has 2 aliphatic heterocycles. The first-order valence-corrected chi connectivity index (χ1v) is 12.2. The lowest BCUT2D eigenvalue weighted by atomic mass is 9.96. The predicted octanol–water partition coefficient (Wildman–Crippen LogP) is 2.71. The summed E-state index contributed by atoms with van der Waals surface area (Å²) in [7, 11) is 1.93. The molecular weight excluding hydrogens is 424 g/mol. The van der Waals surface area contributed by atoms with Crippen LogP contribution in [0.4, 0.5) is 5.82 Å². The number of fused-ring (bicyclic) bond motifs is 3. The number of rotatable bonds is 5. The molecule has 174 valence electrons. The van der Waals surface area contributed by atoms with Crippen LogP contribution < -0.4 is 10.2 Å². The Labute approximate surface area is 199 Å². The van der Waals surface area contributed by atoms with E-state index in [0.717, 1.165) is 69.1 Å². The number of carbonyl (C=O) groups is 1. The van der Waals surface area contributed by atoms with Crippen LogP contribution in [0.2, 0.25) is 0 Å². The number of aromatic nitrogens is 3. The van der Waals surface area contributed by atoms with Gasteiger partial charge in [-0.2, -0.15) is 9.61 Å². The second kappa shape index (κ2) is 8.72. The van der Waals surface area contributed by atoms with Gasteiger partial charge in [-0.25, -0.2) is 4.98 Å². The van der Waals surface area contributed by atoms with Gasteiger partial charge in [-0.05, 0) is 35.7 Å². The molecule has 0 radical (unpaired) electrons. The first-order valence-electron chi connectivity index (χ1n) is 12.2. The number of carbonyl (C=O) groups excluding carboxylic acids is 1. The van der Waals surface area contributed by atoms with Gasteiger partial charge in [0.05, 0.1) is 17.8 Å². The summed E-state index contributed by atoms with van der Waals surface area (Å²) in [6.07, 6.45) is 4.54. The third kappa shape index (κ3) is 3.80. The highest BCUT2D eigenvalue weighted by atomic mass is 16.2. The van der Waals surface area contributed by atoms with Gasteiger partial charge in [-0.15, -0.1) is 0 Å². The molecule has 0 bridgehead atoms. The fourth-order valence-electron chi connectivity index (χ4n) is 5.26. The molecule has 0 atom stereocenters. The van der Waals surface area contributed by atoms with Gasteiger partial charge >= 0.3 is 0 Å². The molecule has 7 heteroatoms. The summed E-state index contributed by atoms with van der Waals surface area (Å²) in [5.41, 5.74) is 4.59. The van der Waals surface area contributed by atoms with Crippen LogP contribution in [0.25, 0.3) is 16.4 Å². The normalized spacial score (nSPS) is 16.3. The second-order valence-corrected chi connectivity index (χ2v) is 9.51. The molecule has 0 saturated carbocycles. The molecule has 2 aliphatic rings. The van der Waals surface area contributed by atoms with Crippen molar-refractivity contribution in [1.29, 1.82) is 0 Å². The van der Waals surface area contributed by atoms with Crippen molar-refractivity contribution in [3.05, 3.63) is 71.5 Å². The minimum atomic E-state index is 0.0277. The van der Waals surface area contributed by atoms with E-state index in [4.69, 9.17) is 4.98 Å². The molecular formula is C27H30N6O. The van der Waals surface area contributed by atoms with Crippen molar-refractivity contribution in [2.45, 2.75) is 19.3 Å². The van der Waals surface area contributed by atoms with E-state index < -0.39 is 0 Å². The van der Waals surface area contributed by atoms with E-state index in [0.29, 0.717) is 0 Å². The van der Waals surface area contributed by atoms with E-state index >= 15 is 0 Å². The molecule has 4 heterocycles. The Morgan fingerprint density at radius 1 is 1.09 bits per heavy atom. The summed E-state index contributed by atoms with van der Waals surface area (Å²) in [4.78, 5) is 22.2. The molecule has 7 nitrogen and oxygen atoms in total. The highest BCUT2D eigenvalue weighted by Gasteiger charge is 2.37. The van der Waals surface area contributed by atoms with Crippen molar-refractivity contribution in [3.63, 3.8) is 0 Å². The van der Waals surface area contributed by atoms with E-state index in [1.165, 1.54) is 21.9 Å². The Bertz CT molecular complexity index is 1360. The van der Waals surface area contributed by atoms with Gasteiger partial charge in [0.2, 0.25) is 5.91 Å². The quantitative estimate of drug-likeness (QED) is 0.502. The number of anilines is 1. The van der Waals surface area contributed by atoms with Crippen LogP contribution in [-0.2, 0) is 24.1 Å². The molecule has 1 saturated heterocycles.